The highest BCUT2D eigenvalue weighted by atomic mass is 32.2. The van der Waals surface area contributed by atoms with Crippen LogP contribution in [0.4, 0.5) is 0 Å². The average Bonchev–Trinajstić information content (AvgIpc) is 3.04. The van der Waals surface area contributed by atoms with Gasteiger partial charge in [0.05, 0.1) is 12.8 Å². The molecule has 0 aliphatic rings. The normalized spacial score (nSPS) is 10.9. The zero-order chi connectivity index (χ0) is 16.4. The van der Waals surface area contributed by atoms with Gasteiger partial charge < -0.3 is 9.15 Å². The molecule has 2 aromatic heterocycles. The summed E-state index contributed by atoms with van der Waals surface area (Å²) in [6.45, 7) is 0. The molecule has 0 fully saturated rings. The van der Waals surface area contributed by atoms with Crippen LogP contribution in [-0.2, 0) is 0 Å². The first kappa shape index (κ1) is 14.8. The van der Waals surface area contributed by atoms with Gasteiger partial charge in [0.1, 0.15) is 11.3 Å². The van der Waals surface area contributed by atoms with Gasteiger partial charge in [0.2, 0.25) is 0 Å². The first-order valence-electron chi connectivity index (χ1n) is 7.46. The first-order chi connectivity index (χ1) is 11.8. The fourth-order valence-electron chi connectivity index (χ4n) is 2.44. The van der Waals surface area contributed by atoms with Crippen LogP contribution in [0.2, 0.25) is 0 Å². The van der Waals surface area contributed by atoms with Crippen molar-refractivity contribution in [2.75, 3.05) is 7.11 Å². The smallest absolute Gasteiger partial charge is 0.261 e. The van der Waals surface area contributed by atoms with Crippen molar-refractivity contribution >= 4 is 22.9 Å². The Morgan fingerprint density at radius 1 is 1.00 bits per heavy atom. The van der Waals surface area contributed by atoms with Crippen LogP contribution in [0.25, 0.3) is 22.4 Å². The van der Waals surface area contributed by atoms with Crippen LogP contribution in [0.1, 0.15) is 0 Å². The fraction of sp³-hybridized carbons (Fsp3) is 0.0526. The Morgan fingerprint density at radius 2 is 1.83 bits per heavy atom. The minimum atomic E-state index is 0.617. The number of rotatable bonds is 4. The largest absolute Gasteiger partial charge is 0.497 e. The lowest BCUT2D eigenvalue weighted by Crippen LogP contribution is -1.89. The molecule has 4 nitrogen and oxygen atoms in total. The summed E-state index contributed by atoms with van der Waals surface area (Å²) in [5.41, 5.74) is 3.52. The maximum atomic E-state index is 5.81. The van der Waals surface area contributed by atoms with E-state index >= 15 is 0 Å². The van der Waals surface area contributed by atoms with E-state index in [9.17, 15) is 0 Å². The van der Waals surface area contributed by atoms with E-state index in [-0.39, 0.29) is 0 Å². The molecule has 4 aromatic rings. The molecule has 2 heterocycles. The molecule has 0 unspecified atom stereocenters. The lowest BCUT2D eigenvalue weighted by molar-refractivity contribution is 0.414. The van der Waals surface area contributed by atoms with E-state index in [0.29, 0.717) is 5.22 Å². The van der Waals surface area contributed by atoms with Gasteiger partial charge in [-0.3, -0.25) is 4.98 Å². The molecule has 4 rings (SSSR count). The highest BCUT2D eigenvalue weighted by Gasteiger charge is 2.12. The Bertz CT molecular complexity index is 964. The van der Waals surface area contributed by atoms with Crippen LogP contribution < -0.4 is 4.74 Å². The highest BCUT2D eigenvalue weighted by molar-refractivity contribution is 7.99. The van der Waals surface area contributed by atoms with Crippen LogP contribution in [0.15, 0.2) is 81.4 Å². The minimum absolute atomic E-state index is 0.617. The number of nitrogens with zero attached hydrogens (tertiary/aromatic N) is 2. The quantitative estimate of drug-likeness (QED) is 0.523. The second-order valence-corrected chi connectivity index (χ2v) is 6.12. The van der Waals surface area contributed by atoms with E-state index < -0.39 is 0 Å². The van der Waals surface area contributed by atoms with E-state index in [1.807, 2.05) is 60.7 Å². The number of aromatic nitrogens is 2. The molecule has 5 heteroatoms. The van der Waals surface area contributed by atoms with Gasteiger partial charge in [-0.15, -0.1) is 0 Å². The molecule has 0 aliphatic carbocycles. The van der Waals surface area contributed by atoms with Crippen molar-refractivity contribution in [3.63, 3.8) is 0 Å². The molecule has 2 aromatic carbocycles. The third-order valence-electron chi connectivity index (χ3n) is 3.60. The Morgan fingerprint density at radius 3 is 2.71 bits per heavy atom. The van der Waals surface area contributed by atoms with Crippen molar-refractivity contribution in [1.82, 2.24) is 9.97 Å². The molecular weight excluding hydrogens is 320 g/mol. The van der Waals surface area contributed by atoms with Crippen LogP contribution in [0.5, 0.6) is 5.75 Å². The summed E-state index contributed by atoms with van der Waals surface area (Å²) in [5.74, 6) is 0.779. The Kier molecular flexibility index (Phi) is 3.92. The predicted molar refractivity (Wildman–Crippen MR) is 94.4 cm³/mol. The second-order valence-electron chi connectivity index (χ2n) is 5.13. The van der Waals surface area contributed by atoms with Crippen molar-refractivity contribution in [1.29, 1.82) is 0 Å². The molecule has 0 atom stereocenters. The third-order valence-corrected chi connectivity index (χ3v) is 4.53. The minimum Gasteiger partial charge on any atom is -0.497 e. The maximum absolute atomic E-state index is 5.81. The average molecular weight is 334 g/mol. The van der Waals surface area contributed by atoms with Crippen molar-refractivity contribution in [3.8, 4) is 17.0 Å². The third kappa shape index (κ3) is 2.86. The topological polar surface area (TPSA) is 48.2 Å². The van der Waals surface area contributed by atoms with Gasteiger partial charge in [-0.1, -0.05) is 30.3 Å². The standard InChI is InChI=1S/C19H14N2O2S/c1-22-13-10-11-20-16(12-13)14-6-2-5-9-18(14)24-19-21-15-7-3-4-8-17(15)23-19/h2-12H,1H3. The lowest BCUT2D eigenvalue weighted by atomic mass is 10.1. The summed E-state index contributed by atoms with van der Waals surface area (Å²) in [4.78, 5) is 10.0. The van der Waals surface area contributed by atoms with Crippen molar-refractivity contribution in [2.24, 2.45) is 0 Å². The van der Waals surface area contributed by atoms with Crippen LogP contribution in [0, 0.1) is 0 Å². The van der Waals surface area contributed by atoms with Gasteiger partial charge in [0.15, 0.2) is 5.58 Å². The summed E-state index contributed by atoms with van der Waals surface area (Å²) in [6, 6.07) is 19.6. The van der Waals surface area contributed by atoms with E-state index in [1.54, 1.807) is 13.3 Å². The monoisotopic (exact) mass is 334 g/mol. The van der Waals surface area contributed by atoms with Crippen LogP contribution >= 0.6 is 11.8 Å². The molecule has 0 aliphatic heterocycles. The fourth-order valence-corrected chi connectivity index (χ4v) is 3.33. The number of ether oxygens (including phenoxy) is 1. The summed E-state index contributed by atoms with van der Waals surface area (Å²) in [6.07, 6.45) is 1.75. The van der Waals surface area contributed by atoms with Crippen molar-refractivity contribution < 1.29 is 9.15 Å². The summed E-state index contributed by atoms with van der Waals surface area (Å²) in [7, 11) is 1.65. The number of hydrogen-bond donors (Lipinski definition) is 0. The predicted octanol–water partition coefficient (Wildman–Crippen LogP) is 5.05. The zero-order valence-electron chi connectivity index (χ0n) is 13.0. The Hall–Kier alpha value is -2.79. The molecule has 0 saturated heterocycles. The van der Waals surface area contributed by atoms with Crippen LogP contribution in [-0.4, -0.2) is 17.1 Å². The van der Waals surface area contributed by atoms with E-state index in [1.165, 1.54) is 11.8 Å². The lowest BCUT2D eigenvalue weighted by Gasteiger charge is -2.08. The molecule has 0 bridgehead atoms. The first-order valence-corrected chi connectivity index (χ1v) is 8.28. The SMILES string of the molecule is COc1ccnc(-c2ccccc2Sc2nc3ccccc3o2)c1. The summed E-state index contributed by atoms with van der Waals surface area (Å²) >= 11 is 1.49. The maximum Gasteiger partial charge on any atom is 0.261 e. The summed E-state index contributed by atoms with van der Waals surface area (Å²) < 4.78 is 11.1. The molecule has 0 radical (unpaired) electrons. The number of oxazole rings is 1. The Balaban J connectivity index is 1.73. The van der Waals surface area contributed by atoms with Crippen molar-refractivity contribution in [3.05, 3.63) is 66.9 Å². The molecule has 0 spiro atoms. The number of pyridine rings is 1. The van der Waals surface area contributed by atoms with Gasteiger partial charge in [-0.2, -0.15) is 0 Å². The van der Waals surface area contributed by atoms with E-state index in [0.717, 1.165) is 33.0 Å². The summed E-state index contributed by atoms with van der Waals surface area (Å²) in [5, 5.41) is 0.617. The number of benzene rings is 2. The van der Waals surface area contributed by atoms with Gasteiger partial charge in [-0.05, 0) is 36.0 Å². The highest BCUT2D eigenvalue weighted by Crippen LogP contribution is 2.36. The van der Waals surface area contributed by atoms with Gasteiger partial charge in [-0.25, -0.2) is 4.98 Å². The number of para-hydroxylation sites is 2. The molecule has 0 amide bonds. The van der Waals surface area contributed by atoms with E-state index in [4.69, 9.17) is 9.15 Å². The second kappa shape index (κ2) is 6.37. The van der Waals surface area contributed by atoms with Crippen LogP contribution in [0.3, 0.4) is 0 Å². The number of methoxy groups -OCH3 is 1. The number of hydrogen-bond acceptors (Lipinski definition) is 5. The van der Waals surface area contributed by atoms with Gasteiger partial charge in [0, 0.05) is 22.7 Å². The molecular formula is C19H14N2O2S. The molecule has 0 N–H and O–H groups in total. The number of fused-ring (bicyclic) bond motifs is 1. The van der Waals surface area contributed by atoms with Crippen molar-refractivity contribution in [2.45, 2.75) is 10.1 Å². The molecule has 0 saturated carbocycles. The van der Waals surface area contributed by atoms with Gasteiger partial charge >= 0.3 is 0 Å². The van der Waals surface area contributed by atoms with E-state index in [2.05, 4.69) is 9.97 Å². The zero-order valence-corrected chi connectivity index (χ0v) is 13.8. The molecule has 118 valence electrons. The Labute approximate surface area is 143 Å². The van der Waals surface area contributed by atoms with Gasteiger partial charge in [0.25, 0.3) is 5.22 Å². The molecule has 24 heavy (non-hydrogen) atoms.